The van der Waals surface area contributed by atoms with Crippen LogP contribution in [-0.2, 0) is 4.79 Å². The Labute approximate surface area is 150 Å². The van der Waals surface area contributed by atoms with Crippen LogP contribution in [0.2, 0.25) is 0 Å². The van der Waals surface area contributed by atoms with Gasteiger partial charge >= 0.3 is 5.69 Å². The van der Waals surface area contributed by atoms with E-state index in [-0.39, 0.29) is 11.4 Å². The molecule has 0 spiro atoms. The second-order valence-electron chi connectivity index (χ2n) is 4.52. The van der Waals surface area contributed by atoms with Gasteiger partial charge in [-0.25, -0.2) is 0 Å². The highest BCUT2D eigenvalue weighted by Crippen LogP contribution is 2.25. The summed E-state index contributed by atoms with van der Waals surface area (Å²) in [6.45, 7) is -0.474. The van der Waals surface area contributed by atoms with Gasteiger partial charge in [-0.05, 0) is 52.9 Å². The van der Waals surface area contributed by atoms with Crippen molar-refractivity contribution in [2.75, 3.05) is 6.61 Å². The summed E-state index contributed by atoms with van der Waals surface area (Å²) in [6.07, 6.45) is 0. The van der Waals surface area contributed by atoms with Crippen LogP contribution in [0, 0.1) is 13.7 Å². The van der Waals surface area contributed by atoms with E-state index in [1.54, 1.807) is 30.3 Å². The number of hydrazine groups is 1. The average Bonchev–Trinajstić information content (AvgIpc) is 2.58. The highest BCUT2D eigenvalue weighted by molar-refractivity contribution is 14.1. The van der Waals surface area contributed by atoms with Gasteiger partial charge in [-0.3, -0.25) is 30.6 Å². The number of benzene rings is 2. The molecule has 0 unspecified atom stereocenters. The van der Waals surface area contributed by atoms with E-state index in [1.807, 2.05) is 0 Å². The van der Waals surface area contributed by atoms with E-state index in [2.05, 4.69) is 33.4 Å². The van der Waals surface area contributed by atoms with Crippen LogP contribution in [0.4, 0.5) is 5.69 Å². The van der Waals surface area contributed by atoms with E-state index in [1.165, 1.54) is 18.2 Å². The number of nitro benzene ring substituents is 1. The third-order valence-electron chi connectivity index (χ3n) is 2.84. The Kier molecular flexibility index (Phi) is 6.07. The predicted molar refractivity (Wildman–Crippen MR) is 93.4 cm³/mol. The topological polar surface area (TPSA) is 111 Å². The smallest absolute Gasteiger partial charge is 0.310 e. The second kappa shape index (κ2) is 8.24. The van der Waals surface area contributed by atoms with Crippen LogP contribution in [-0.4, -0.2) is 23.3 Å². The lowest BCUT2D eigenvalue weighted by molar-refractivity contribution is -0.385. The first kappa shape index (κ1) is 17.7. The zero-order valence-electron chi connectivity index (χ0n) is 12.2. The summed E-state index contributed by atoms with van der Waals surface area (Å²) in [6, 6.07) is 12.5. The zero-order valence-corrected chi connectivity index (χ0v) is 14.3. The molecule has 0 aliphatic rings. The molecular weight excluding hydrogens is 429 g/mol. The summed E-state index contributed by atoms with van der Waals surface area (Å²) in [5, 5.41) is 10.8. The second-order valence-corrected chi connectivity index (χ2v) is 5.77. The van der Waals surface area contributed by atoms with E-state index in [0.29, 0.717) is 5.56 Å². The minimum absolute atomic E-state index is 0.0263. The molecule has 0 aliphatic heterocycles. The zero-order chi connectivity index (χ0) is 17.5. The lowest BCUT2D eigenvalue weighted by Gasteiger charge is -2.09. The van der Waals surface area contributed by atoms with Gasteiger partial charge in [0.15, 0.2) is 12.4 Å². The number of rotatable bonds is 5. The number of carbonyl (C=O) groups excluding carboxylic acids is 2. The van der Waals surface area contributed by atoms with E-state index >= 15 is 0 Å². The quantitative estimate of drug-likeness (QED) is 0.419. The normalized spacial score (nSPS) is 9.88. The van der Waals surface area contributed by atoms with Crippen molar-refractivity contribution in [3.63, 3.8) is 0 Å². The Morgan fingerprint density at radius 2 is 1.75 bits per heavy atom. The fraction of sp³-hybridized carbons (Fsp3) is 0.0667. The van der Waals surface area contributed by atoms with Crippen molar-refractivity contribution in [1.82, 2.24) is 10.9 Å². The number of amides is 2. The van der Waals surface area contributed by atoms with Crippen LogP contribution in [0.25, 0.3) is 0 Å². The molecule has 0 saturated carbocycles. The molecule has 0 saturated heterocycles. The predicted octanol–water partition coefficient (Wildman–Crippen LogP) is 2.04. The van der Waals surface area contributed by atoms with E-state index in [4.69, 9.17) is 4.74 Å². The highest BCUT2D eigenvalue weighted by Gasteiger charge is 2.15. The SMILES string of the molecule is O=C(COc1ccccc1[N+](=O)[O-])NNC(=O)c1ccc(I)cc1. The molecule has 2 aromatic carbocycles. The number of ether oxygens (including phenoxy) is 1. The largest absolute Gasteiger partial charge is 0.477 e. The van der Waals surface area contributed by atoms with Crippen molar-refractivity contribution >= 4 is 40.1 Å². The molecule has 0 heterocycles. The first-order chi connectivity index (χ1) is 11.5. The van der Waals surface area contributed by atoms with Crippen molar-refractivity contribution in [1.29, 1.82) is 0 Å². The maximum absolute atomic E-state index is 11.8. The minimum atomic E-state index is -0.646. The van der Waals surface area contributed by atoms with Gasteiger partial charge in [-0.15, -0.1) is 0 Å². The number of nitrogens with zero attached hydrogens (tertiary/aromatic N) is 1. The van der Waals surface area contributed by atoms with Crippen molar-refractivity contribution in [3.05, 3.63) is 67.8 Å². The van der Waals surface area contributed by atoms with Gasteiger partial charge in [0.25, 0.3) is 11.8 Å². The van der Waals surface area contributed by atoms with Crippen LogP contribution >= 0.6 is 22.6 Å². The molecule has 9 heteroatoms. The Hall–Kier alpha value is -2.69. The molecule has 24 heavy (non-hydrogen) atoms. The fourth-order valence-corrected chi connectivity index (χ4v) is 2.07. The molecule has 0 atom stereocenters. The Bertz CT molecular complexity index is 764. The summed E-state index contributed by atoms with van der Waals surface area (Å²) in [4.78, 5) is 33.7. The monoisotopic (exact) mass is 441 g/mol. The van der Waals surface area contributed by atoms with Crippen molar-refractivity contribution in [2.24, 2.45) is 0 Å². The van der Waals surface area contributed by atoms with Crippen LogP contribution in [0.15, 0.2) is 48.5 Å². The van der Waals surface area contributed by atoms with Gasteiger partial charge in [0.1, 0.15) is 0 Å². The van der Waals surface area contributed by atoms with Crippen LogP contribution in [0.3, 0.4) is 0 Å². The molecule has 8 nitrogen and oxygen atoms in total. The molecule has 2 rings (SSSR count). The summed E-state index contributed by atoms with van der Waals surface area (Å²) in [5.41, 5.74) is 4.56. The molecule has 0 fully saturated rings. The van der Waals surface area contributed by atoms with Gasteiger partial charge in [0.2, 0.25) is 0 Å². The lowest BCUT2D eigenvalue weighted by atomic mass is 10.2. The molecule has 0 radical (unpaired) electrons. The number of hydrogen-bond donors (Lipinski definition) is 2. The van der Waals surface area contributed by atoms with Gasteiger partial charge in [-0.1, -0.05) is 12.1 Å². The summed E-state index contributed by atoms with van der Waals surface area (Å²) in [7, 11) is 0. The van der Waals surface area contributed by atoms with E-state index in [9.17, 15) is 19.7 Å². The van der Waals surface area contributed by atoms with Gasteiger partial charge in [0, 0.05) is 15.2 Å². The molecule has 0 bridgehead atoms. The molecule has 2 amide bonds. The molecule has 0 aliphatic carbocycles. The maximum Gasteiger partial charge on any atom is 0.310 e. The fourth-order valence-electron chi connectivity index (χ4n) is 1.71. The van der Waals surface area contributed by atoms with Gasteiger partial charge < -0.3 is 4.74 Å². The molecule has 0 aromatic heterocycles. The first-order valence-corrected chi connectivity index (χ1v) is 7.76. The number of nitrogens with one attached hydrogen (secondary N) is 2. The maximum atomic E-state index is 11.8. The van der Waals surface area contributed by atoms with E-state index in [0.717, 1.165) is 3.57 Å². The Balaban J connectivity index is 1.85. The summed E-state index contributed by atoms with van der Waals surface area (Å²) < 4.78 is 6.09. The third kappa shape index (κ3) is 4.91. The Morgan fingerprint density at radius 1 is 1.08 bits per heavy atom. The van der Waals surface area contributed by atoms with Crippen molar-refractivity contribution in [2.45, 2.75) is 0 Å². The van der Waals surface area contributed by atoms with Crippen LogP contribution < -0.4 is 15.6 Å². The number of para-hydroxylation sites is 2. The number of carbonyl (C=O) groups is 2. The highest BCUT2D eigenvalue weighted by atomic mass is 127. The first-order valence-electron chi connectivity index (χ1n) is 6.68. The van der Waals surface area contributed by atoms with E-state index < -0.39 is 23.3 Å². The summed E-state index contributed by atoms with van der Waals surface area (Å²) >= 11 is 2.11. The standard InChI is InChI=1S/C15H12IN3O5/c16-11-7-5-10(6-8-11)15(21)18-17-14(20)9-24-13-4-2-1-3-12(13)19(22)23/h1-8H,9H2,(H,17,20)(H,18,21). The molecule has 2 N–H and O–H groups in total. The Morgan fingerprint density at radius 3 is 2.42 bits per heavy atom. The lowest BCUT2D eigenvalue weighted by Crippen LogP contribution is -2.43. The number of nitro groups is 1. The van der Waals surface area contributed by atoms with Crippen LogP contribution in [0.5, 0.6) is 5.75 Å². The average molecular weight is 441 g/mol. The van der Waals surface area contributed by atoms with Crippen LogP contribution in [0.1, 0.15) is 10.4 Å². The summed E-state index contributed by atoms with van der Waals surface area (Å²) in [5.74, 6) is -1.15. The third-order valence-corrected chi connectivity index (χ3v) is 3.56. The molecular formula is C15H12IN3O5. The van der Waals surface area contributed by atoms with Crippen molar-refractivity contribution in [3.8, 4) is 5.75 Å². The van der Waals surface area contributed by atoms with Gasteiger partial charge in [-0.2, -0.15) is 0 Å². The molecule has 2 aromatic rings. The van der Waals surface area contributed by atoms with Gasteiger partial charge in [0.05, 0.1) is 4.92 Å². The number of hydrogen-bond acceptors (Lipinski definition) is 5. The number of halogens is 1. The van der Waals surface area contributed by atoms with Crippen molar-refractivity contribution < 1.29 is 19.2 Å². The minimum Gasteiger partial charge on any atom is -0.477 e. The molecule has 124 valence electrons.